The van der Waals surface area contributed by atoms with Gasteiger partial charge in [-0.05, 0) is 65.8 Å². The van der Waals surface area contributed by atoms with Crippen LogP contribution in [0.5, 0.6) is 0 Å². The van der Waals surface area contributed by atoms with Crippen LogP contribution in [0.25, 0.3) is 0 Å². The summed E-state index contributed by atoms with van der Waals surface area (Å²) in [5, 5.41) is 3.34. The van der Waals surface area contributed by atoms with Gasteiger partial charge in [-0.2, -0.15) is 17.4 Å². The maximum Gasteiger partial charge on any atom is 0.279 e. The smallest absolute Gasteiger partial charge is 0.279 e. The molecule has 2 N–H and O–H groups in total. The fourth-order valence-corrected chi connectivity index (χ4v) is 4.01. The molecule has 0 spiro atoms. The van der Waals surface area contributed by atoms with Crippen molar-refractivity contribution in [3.63, 3.8) is 0 Å². The summed E-state index contributed by atoms with van der Waals surface area (Å²) in [6.07, 6.45) is 2.71. The minimum atomic E-state index is -3.33. The Morgan fingerprint density at radius 3 is 2.43 bits per heavy atom. The van der Waals surface area contributed by atoms with Crippen LogP contribution in [-0.2, 0) is 10.2 Å². The van der Waals surface area contributed by atoms with Crippen molar-refractivity contribution in [3.8, 4) is 0 Å². The minimum absolute atomic E-state index is 0.0307. The third kappa shape index (κ3) is 7.06. The van der Waals surface area contributed by atoms with Crippen LogP contribution in [0.15, 0.2) is 0 Å². The van der Waals surface area contributed by atoms with Gasteiger partial charge in [-0.3, -0.25) is 0 Å². The summed E-state index contributed by atoms with van der Waals surface area (Å²) in [6, 6.07) is -0.0307. The SMILES string of the molecule is CCNCC1CCN(S(=O)(=O)NC(C)CCN(C)C)CC1. The van der Waals surface area contributed by atoms with E-state index in [2.05, 4.69) is 21.9 Å². The molecule has 1 unspecified atom stereocenters. The standard InChI is InChI=1S/C14H32N4O2S/c1-5-15-12-14-7-10-18(11-8-14)21(19,20)16-13(2)6-9-17(3)4/h13-16H,5-12H2,1-4H3. The third-order valence-electron chi connectivity index (χ3n) is 3.96. The Bertz CT molecular complexity index is 378. The minimum Gasteiger partial charge on any atom is -0.317 e. The van der Waals surface area contributed by atoms with E-state index >= 15 is 0 Å². The van der Waals surface area contributed by atoms with Gasteiger partial charge in [0.05, 0.1) is 0 Å². The molecular weight excluding hydrogens is 288 g/mol. The highest BCUT2D eigenvalue weighted by atomic mass is 32.2. The zero-order valence-electron chi connectivity index (χ0n) is 13.9. The van der Waals surface area contributed by atoms with E-state index in [1.165, 1.54) is 0 Å². The molecule has 1 rings (SSSR count). The molecular formula is C14H32N4O2S. The molecule has 0 bridgehead atoms. The molecule has 1 aliphatic rings. The second-order valence-electron chi connectivity index (χ2n) is 6.27. The molecule has 0 amide bonds. The van der Waals surface area contributed by atoms with Crippen molar-refractivity contribution >= 4 is 10.2 Å². The molecule has 0 saturated carbocycles. The van der Waals surface area contributed by atoms with E-state index < -0.39 is 10.2 Å². The predicted octanol–water partition coefficient (Wildman–Crippen LogP) is 0.483. The molecule has 0 aromatic carbocycles. The van der Waals surface area contributed by atoms with E-state index in [0.717, 1.165) is 38.9 Å². The maximum atomic E-state index is 12.3. The third-order valence-corrected chi connectivity index (χ3v) is 5.70. The number of piperidine rings is 1. The molecule has 1 heterocycles. The van der Waals surface area contributed by atoms with Crippen LogP contribution in [0.2, 0.25) is 0 Å². The molecule has 0 aliphatic carbocycles. The van der Waals surface area contributed by atoms with E-state index in [-0.39, 0.29) is 6.04 Å². The topological polar surface area (TPSA) is 64.7 Å². The largest absolute Gasteiger partial charge is 0.317 e. The molecule has 0 radical (unpaired) electrons. The van der Waals surface area contributed by atoms with Gasteiger partial charge < -0.3 is 10.2 Å². The van der Waals surface area contributed by atoms with Crippen molar-refractivity contribution in [2.75, 3.05) is 46.8 Å². The Kier molecular flexibility index (Phi) is 8.12. The Hall–Kier alpha value is -0.210. The number of rotatable bonds is 9. The van der Waals surface area contributed by atoms with Crippen molar-refractivity contribution in [1.29, 1.82) is 0 Å². The van der Waals surface area contributed by atoms with Gasteiger partial charge in [0.2, 0.25) is 0 Å². The first-order valence-electron chi connectivity index (χ1n) is 7.98. The maximum absolute atomic E-state index is 12.3. The molecule has 6 nitrogen and oxygen atoms in total. The molecule has 1 fully saturated rings. The highest BCUT2D eigenvalue weighted by Crippen LogP contribution is 2.18. The summed E-state index contributed by atoms with van der Waals surface area (Å²) >= 11 is 0. The molecule has 7 heteroatoms. The highest BCUT2D eigenvalue weighted by molar-refractivity contribution is 7.87. The normalized spacial score (nSPS) is 20.0. The van der Waals surface area contributed by atoms with Gasteiger partial charge in [0.25, 0.3) is 10.2 Å². The van der Waals surface area contributed by atoms with Crippen LogP contribution in [0.1, 0.15) is 33.1 Å². The number of nitrogens with zero attached hydrogens (tertiary/aromatic N) is 2. The lowest BCUT2D eigenvalue weighted by atomic mass is 9.98. The summed E-state index contributed by atoms with van der Waals surface area (Å²) in [5.41, 5.74) is 0. The molecule has 1 saturated heterocycles. The monoisotopic (exact) mass is 320 g/mol. The second-order valence-corrected chi connectivity index (χ2v) is 7.97. The average Bonchev–Trinajstić information content (AvgIpc) is 2.43. The van der Waals surface area contributed by atoms with Gasteiger partial charge in [0, 0.05) is 19.1 Å². The van der Waals surface area contributed by atoms with Crippen molar-refractivity contribution in [2.45, 2.75) is 39.2 Å². The number of nitrogens with one attached hydrogen (secondary N) is 2. The van der Waals surface area contributed by atoms with Crippen LogP contribution >= 0.6 is 0 Å². The average molecular weight is 321 g/mol. The fraction of sp³-hybridized carbons (Fsp3) is 1.00. The lowest BCUT2D eigenvalue weighted by molar-refractivity contribution is 0.264. The van der Waals surface area contributed by atoms with Crippen LogP contribution in [-0.4, -0.2) is 70.5 Å². The summed E-state index contributed by atoms with van der Waals surface area (Å²) in [4.78, 5) is 2.07. The summed E-state index contributed by atoms with van der Waals surface area (Å²) in [7, 11) is 0.663. The second kappa shape index (κ2) is 9.05. The van der Waals surface area contributed by atoms with Crippen molar-refractivity contribution in [3.05, 3.63) is 0 Å². The molecule has 0 aromatic rings. The van der Waals surface area contributed by atoms with Gasteiger partial charge in [0.15, 0.2) is 0 Å². The van der Waals surface area contributed by atoms with E-state index in [1.807, 2.05) is 21.0 Å². The van der Waals surface area contributed by atoms with Crippen LogP contribution in [0.4, 0.5) is 0 Å². The zero-order valence-corrected chi connectivity index (χ0v) is 14.7. The highest BCUT2D eigenvalue weighted by Gasteiger charge is 2.28. The van der Waals surface area contributed by atoms with Gasteiger partial charge in [-0.15, -0.1) is 0 Å². The summed E-state index contributed by atoms with van der Waals surface area (Å²) in [5.74, 6) is 0.600. The first-order valence-corrected chi connectivity index (χ1v) is 9.42. The fourth-order valence-electron chi connectivity index (χ4n) is 2.54. The molecule has 21 heavy (non-hydrogen) atoms. The summed E-state index contributed by atoms with van der Waals surface area (Å²) < 4.78 is 29.1. The first-order chi connectivity index (χ1) is 9.85. The number of hydrogen-bond donors (Lipinski definition) is 2. The Morgan fingerprint density at radius 1 is 1.29 bits per heavy atom. The van der Waals surface area contributed by atoms with E-state index in [0.29, 0.717) is 19.0 Å². The Labute approximate surface area is 130 Å². The van der Waals surface area contributed by atoms with Crippen molar-refractivity contribution in [2.24, 2.45) is 5.92 Å². The molecule has 1 atom stereocenters. The van der Waals surface area contributed by atoms with Gasteiger partial charge >= 0.3 is 0 Å². The first kappa shape index (κ1) is 18.8. The van der Waals surface area contributed by atoms with E-state index in [9.17, 15) is 8.42 Å². The predicted molar refractivity (Wildman–Crippen MR) is 87.5 cm³/mol. The van der Waals surface area contributed by atoms with Gasteiger partial charge in [0.1, 0.15) is 0 Å². The van der Waals surface area contributed by atoms with Gasteiger partial charge in [-0.25, -0.2) is 0 Å². The Balaban J connectivity index is 2.38. The molecule has 1 aliphatic heterocycles. The quantitative estimate of drug-likeness (QED) is 0.649. The van der Waals surface area contributed by atoms with Crippen LogP contribution in [0.3, 0.4) is 0 Å². The molecule has 126 valence electrons. The number of hydrogen-bond acceptors (Lipinski definition) is 4. The van der Waals surface area contributed by atoms with E-state index in [1.54, 1.807) is 4.31 Å². The van der Waals surface area contributed by atoms with Crippen LogP contribution in [0, 0.1) is 5.92 Å². The van der Waals surface area contributed by atoms with E-state index in [4.69, 9.17) is 0 Å². The van der Waals surface area contributed by atoms with Gasteiger partial charge in [-0.1, -0.05) is 6.92 Å². The molecule has 0 aromatic heterocycles. The van der Waals surface area contributed by atoms with Crippen molar-refractivity contribution in [1.82, 2.24) is 19.2 Å². The van der Waals surface area contributed by atoms with Crippen LogP contribution < -0.4 is 10.0 Å². The Morgan fingerprint density at radius 2 is 1.90 bits per heavy atom. The zero-order chi connectivity index (χ0) is 15.9. The lowest BCUT2D eigenvalue weighted by Crippen LogP contribution is -2.48. The summed E-state index contributed by atoms with van der Waals surface area (Å²) in [6.45, 7) is 8.14. The lowest BCUT2D eigenvalue weighted by Gasteiger charge is -2.32. The van der Waals surface area contributed by atoms with Crippen molar-refractivity contribution < 1.29 is 8.42 Å².